The smallest absolute Gasteiger partial charge is 0.308 e. The van der Waals surface area contributed by atoms with E-state index < -0.39 is 17.6 Å². The number of hydrogen-bond acceptors (Lipinski definition) is 11. The summed E-state index contributed by atoms with van der Waals surface area (Å²) in [6, 6.07) is 12.9. The molecule has 11 heteroatoms. The molecule has 11 nitrogen and oxygen atoms in total. The summed E-state index contributed by atoms with van der Waals surface area (Å²) in [6.45, 7) is 6.62. The van der Waals surface area contributed by atoms with Crippen molar-refractivity contribution < 1.29 is 19.1 Å². The average Bonchev–Trinajstić information content (AvgIpc) is 3.32. The summed E-state index contributed by atoms with van der Waals surface area (Å²) in [5, 5.41) is 21.8. The van der Waals surface area contributed by atoms with Gasteiger partial charge in [0.15, 0.2) is 5.82 Å². The SMILES string of the molecule is CC(=O)Oc1cc(C)cc(C2(CC#N)N=NC=C2c2cc(NCC(C)OC(C)=O)nc(-c3cccnc3)n2)c1. The van der Waals surface area contributed by atoms with Gasteiger partial charge < -0.3 is 14.8 Å². The van der Waals surface area contributed by atoms with Gasteiger partial charge in [-0.15, -0.1) is 0 Å². The number of aryl methyl sites for hydroxylation is 1. The number of benzene rings is 1. The van der Waals surface area contributed by atoms with Crippen molar-refractivity contribution in [3.05, 3.63) is 71.8 Å². The number of anilines is 1. The monoisotopic (exact) mass is 525 g/mol. The highest BCUT2D eigenvalue weighted by Crippen LogP contribution is 2.47. The van der Waals surface area contributed by atoms with E-state index in [1.807, 2.05) is 19.1 Å². The number of rotatable bonds is 9. The molecule has 198 valence electrons. The molecule has 0 bridgehead atoms. The molecule has 0 fully saturated rings. The second-order valence-corrected chi connectivity index (χ2v) is 9.09. The fourth-order valence-corrected chi connectivity index (χ4v) is 4.27. The molecule has 4 rings (SSSR count). The summed E-state index contributed by atoms with van der Waals surface area (Å²) in [5.41, 5.74) is 2.00. The van der Waals surface area contributed by atoms with Gasteiger partial charge in [-0.25, -0.2) is 9.97 Å². The Morgan fingerprint density at radius 2 is 1.97 bits per heavy atom. The summed E-state index contributed by atoms with van der Waals surface area (Å²) < 4.78 is 10.6. The number of nitrogens with zero attached hydrogens (tertiary/aromatic N) is 6. The molecule has 0 saturated carbocycles. The zero-order chi connectivity index (χ0) is 28.0. The maximum atomic E-state index is 11.6. The number of aromatic nitrogens is 3. The van der Waals surface area contributed by atoms with E-state index in [0.29, 0.717) is 46.3 Å². The summed E-state index contributed by atoms with van der Waals surface area (Å²) in [7, 11) is 0. The van der Waals surface area contributed by atoms with Gasteiger partial charge in [0.05, 0.1) is 30.9 Å². The van der Waals surface area contributed by atoms with Crippen LogP contribution >= 0.6 is 0 Å². The van der Waals surface area contributed by atoms with Crippen LogP contribution in [0.2, 0.25) is 0 Å². The Morgan fingerprint density at radius 1 is 1.15 bits per heavy atom. The van der Waals surface area contributed by atoms with Gasteiger partial charge in [0.25, 0.3) is 0 Å². The molecule has 1 aliphatic rings. The second-order valence-electron chi connectivity index (χ2n) is 9.09. The van der Waals surface area contributed by atoms with Crippen LogP contribution in [-0.4, -0.2) is 39.5 Å². The minimum absolute atomic E-state index is 0.0379. The third-order valence-electron chi connectivity index (χ3n) is 5.85. The zero-order valence-electron chi connectivity index (χ0n) is 22.0. The van der Waals surface area contributed by atoms with Crippen LogP contribution in [0.4, 0.5) is 5.82 Å². The summed E-state index contributed by atoms with van der Waals surface area (Å²) >= 11 is 0. The summed E-state index contributed by atoms with van der Waals surface area (Å²) in [4.78, 5) is 36.6. The number of azo groups is 1. The van der Waals surface area contributed by atoms with E-state index in [1.165, 1.54) is 13.8 Å². The molecule has 2 unspecified atom stereocenters. The first-order chi connectivity index (χ1) is 18.7. The first-order valence-electron chi connectivity index (χ1n) is 12.2. The lowest BCUT2D eigenvalue weighted by atomic mass is 9.79. The van der Waals surface area contributed by atoms with Gasteiger partial charge in [-0.1, -0.05) is 6.07 Å². The summed E-state index contributed by atoms with van der Waals surface area (Å²) in [5.74, 6) is 0.376. The molecular weight excluding hydrogens is 498 g/mol. The maximum absolute atomic E-state index is 11.6. The van der Waals surface area contributed by atoms with Gasteiger partial charge in [-0.2, -0.15) is 15.5 Å². The molecule has 0 aliphatic carbocycles. The predicted molar refractivity (Wildman–Crippen MR) is 142 cm³/mol. The number of ether oxygens (including phenoxy) is 2. The number of pyridine rings is 1. The first-order valence-corrected chi connectivity index (χ1v) is 12.2. The van der Waals surface area contributed by atoms with Crippen LogP contribution in [0.3, 0.4) is 0 Å². The van der Waals surface area contributed by atoms with Crippen molar-refractivity contribution in [3.8, 4) is 23.2 Å². The Morgan fingerprint density at radius 3 is 2.67 bits per heavy atom. The number of hydrogen-bond donors (Lipinski definition) is 1. The fraction of sp³-hybridized carbons (Fsp3) is 0.286. The maximum Gasteiger partial charge on any atom is 0.308 e. The molecule has 0 spiro atoms. The van der Waals surface area contributed by atoms with Crippen LogP contribution in [0.1, 0.15) is 44.0 Å². The van der Waals surface area contributed by atoms with E-state index in [0.717, 1.165) is 5.56 Å². The predicted octanol–water partition coefficient (Wildman–Crippen LogP) is 4.75. The minimum Gasteiger partial charge on any atom is -0.461 e. The third-order valence-corrected chi connectivity index (χ3v) is 5.85. The van der Waals surface area contributed by atoms with Crippen molar-refractivity contribution in [2.45, 2.75) is 45.8 Å². The number of nitrogens with one attached hydrogen (secondary N) is 1. The molecular formula is C28H27N7O4. The van der Waals surface area contributed by atoms with Crippen molar-refractivity contribution in [1.29, 1.82) is 5.26 Å². The van der Waals surface area contributed by atoms with E-state index in [9.17, 15) is 14.9 Å². The highest BCUT2D eigenvalue weighted by atomic mass is 16.5. The van der Waals surface area contributed by atoms with Gasteiger partial charge in [0.1, 0.15) is 23.2 Å². The number of carbonyl (C=O) groups is 2. The van der Waals surface area contributed by atoms with Crippen LogP contribution in [0.5, 0.6) is 5.75 Å². The second kappa shape index (κ2) is 11.6. The topological polar surface area (TPSA) is 152 Å². The van der Waals surface area contributed by atoms with Gasteiger partial charge in [-0.05, 0) is 49.2 Å². The van der Waals surface area contributed by atoms with E-state index in [-0.39, 0.29) is 12.4 Å². The van der Waals surface area contributed by atoms with Crippen LogP contribution in [0.15, 0.2) is 65.2 Å². The van der Waals surface area contributed by atoms with E-state index >= 15 is 0 Å². The van der Waals surface area contributed by atoms with Gasteiger partial charge >= 0.3 is 11.9 Å². The van der Waals surface area contributed by atoms with Gasteiger partial charge in [0.2, 0.25) is 0 Å². The van der Waals surface area contributed by atoms with Crippen LogP contribution in [0.25, 0.3) is 17.0 Å². The summed E-state index contributed by atoms with van der Waals surface area (Å²) in [6.07, 6.45) is 4.44. The Balaban J connectivity index is 1.81. The van der Waals surface area contributed by atoms with E-state index in [1.54, 1.807) is 49.8 Å². The normalized spacial score (nSPS) is 16.6. The standard InChI is InChI=1S/C28H27N7O4/c1-17-10-22(12-23(11-17)39-20(4)37)28(7-8-29)24(16-32-35-28)25-13-26(31-14-18(2)38-19(3)36)34-27(33-25)21-6-5-9-30-15-21/h5-6,9-13,15-16,18H,7,14H2,1-4H3,(H,31,33,34). The van der Waals surface area contributed by atoms with Crippen LogP contribution in [0, 0.1) is 18.3 Å². The average molecular weight is 526 g/mol. The molecule has 1 aliphatic heterocycles. The molecule has 0 amide bonds. The van der Waals surface area contributed by atoms with Crippen molar-refractivity contribution in [2.24, 2.45) is 10.2 Å². The van der Waals surface area contributed by atoms with Crippen LogP contribution < -0.4 is 10.1 Å². The fourth-order valence-electron chi connectivity index (χ4n) is 4.27. The Bertz CT molecular complexity index is 1500. The number of nitriles is 1. The molecule has 39 heavy (non-hydrogen) atoms. The lowest BCUT2D eigenvalue weighted by molar-refractivity contribution is -0.144. The van der Waals surface area contributed by atoms with Gasteiger partial charge in [-0.3, -0.25) is 14.6 Å². The Labute approximate surface area is 225 Å². The van der Waals surface area contributed by atoms with Gasteiger partial charge in [0, 0.05) is 43.4 Å². The molecule has 0 saturated heterocycles. The zero-order valence-corrected chi connectivity index (χ0v) is 22.0. The lowest BCUT2D eigenvalue weighted by Crippen LogP contribution is -2.25. The van der Waals surface area contributed by atoms with Crippen molar-refractivity contribution in [3.63, 3.8) is 0 Å². The van der Waals surface area contributed by atoms with E-state index in [2.05, 4.69) is 31.6 Å². The molecule has 3 heterocycles. The first kappa shape index (κ1) is 27.1. The van der Waals surface area contributed by atoms with E-state index in [4.69, 9.17) is 14.5 Å². The third kappa shape index (κ3) is 6.30. The number of carbonyl (C=O) groups excluding carboxylic acids is 2. The molecule has 2 atom stereocenters. The molecule has 3 aromatic rings. The van der Waals surface area contributed by atoms with Crippen LogP contribution in [-0.2, 0) is 19.9 Å². The molecule has 0 radical (unpaired) electrons. The number of esters is 2. The molecule has 1 N–H and O–H groups in total. The quantitative estimate of drug-likeness (QED) is 0.308. The minimum atomic E-state index is -1.20. The van der Waals surface area contributed by atoms with Crippen molar-refractivity contribution >= 4 is 23.3 Å². The highest BCUT2D eigenvalue weighted by molar-refractivity contribution is 5.78. The lowest BCUT2D eigenvalue weighted by Gasteiger charge is -2.27. The highest BCUT2D eigenvalue weighted by Gasteiger charge is 2.42. The molecule has 1 aromatic carbocycles. The largest absolute Gasteiger partial charge is 0.461 e. The Hall–Kier alpha value is -4.98. The van der Waals surface area contributed by atoms with Crippen molar-refractivity contribution in [2.75, 3.05) is 11.9 Å². The Kier molecular flexibility index (Phi) is 8.05. The van der Waals surface area contributed by atoms with Crippen molar-refractivity contribution in [1.82, 2.24) is 15.0 Å². The molecule has 2 aromatic heterocycles.